The van der Waals surface area contributed by atoms with Crippen LogP contribution < -0.4 is 0 Å². The summed E-state index contributed by atoms with van der Waals surface area (Å²) in [5.41, 5.74) is 0. The molecule has 17 nitrogen and oxygen atoms in total. The van der Waals surface area contributed by atoms with Crippen LogP contribution in [0, 0.1) is 0 Å². The molecule has 0 aromatic rings. The number of rotatable bonds is 74. The normalized spacial score (nSPS) is 14.5. The van der Waals surface area contributed by atoms with Crippen LogP contribution in [0.5, 0.6) is 0 Å². The van der Waals surface area contributed by atoms with Crippen molar-refractivity contribution in [3.63, 3.8) is 0 Å². The molecule has 19 heteroatoms. The third-order valence-corrected chi connectivity index (χ3v) is 18.3. The third-order valence-electron chi connectivity index (χ3n) is 16.4. The van der Waals surface area contributed by atoms with Crippen LogP contribution in [-0.2, 0) is 65.4 Å². The molecule has 586 valence electrons. The van der Waals surface area contributed by atoms with Crippen molar-refractivity contribution in [2.24, 2.45) is 0 Å². The highest BCUT2D eigenvalue weighted by molar-refractivity contribution is 7.47. The van der Waals surface area contributed by atoms with Gasteiger partial charge in [0.25, 0.3) is 0 Å². The van der Waals surface area contributed by atoms with Crippen LogP contribution in [-0.4, -0.2) is 96.7 Å². The highest BCUT2D eigenvalue weighted by Gasteiger charge is 2.30. The molecule has 0 amide bonds. The van der Waals surface area contributed by atoms with E-state index in [0.717, 1.165) is 180 Å². The Morgan fingerprint density at radius 3 is 0.843 bits per heavy atom. The largest absolute Gasteiger partial charge is 0.472 e. The second-order valence-corrected chi connectivity index (χ2v) is 29.2. The van der Waals surface area contributed by atoms with Crippen LogP contribution in [0.4, 0.5) is 0 Å². The number of ether oxygens (including phenoxy) is 4. The predicted octanol–water partition coefficient (Wildman–Crippen LogP) is 23.1. The lowest BCUT2D eigenvalue weighted by Crippen LogP contribution is -2.30. The van der Waals surface area contributed by atoms with Crippen molar-refractivity contribution >= 4 is 39.5 Å². The Labute approximate surface area is 619 Å². The number of aliphatic hydroxyl groups excluding tert-OH is 1. The van der Waals surface area contributed by atoms with Gasteiger partial charge in [-0.1, -0.05) is 290 Å². The molecule has 0 heterocycles. The standard InChI is InChI=1S/C83H142O17P2/c1-5-9-13-17-21-25-29-33-36-37-38-39-42-45-48-52-56-60-64-68-81(86)94-73-78(99-82(87)69-65-61-57-53-49-43-32-28-24-20-16-12-8-4)75-97-101(89,90)95-71-77(84)72-96-102(91,92)98-76-79(100-83(88)70-66-62-58-54-50-46-41-35-31-27-23-19-15-11-7-3)74-93-80(85)67-63-59-55-51-47-44-40-34-30-26-22-18-14-10-6-2/h9-10,13-14,16,20-22,25-26,28,32-34,36,38-40,47,51,77-79,84H,5-8,11-12,15,17-19,23-24,27,29-31,35,37,41-46,48-50,52-76H2,1-4H3,(H,89,90)(H,91,92)/b13-9-,14-10-,20-16-,25-21-,26-22-,32-28-,36-33-,39-38-,40-34-,51-47-. The number of unbranched alkanes of at least 4 members (excludes halogenated alkanes) is 28. The molecular weight excluding hydrogens is 1330 g/mol. The summed E-state index contributed by atoms with van der Waals surface area (Å²) in [6.45, 7) is 4.53. The summed E-state index contributed by atoms with van der Waals surface area (Å²) in [6.07, 6.45) is 81.8. The van der Waals surface area contributed by atoms with Crippen molar-refractivity contribution in [3.05, 3.63) is 122 Å². The maximum absolute atomic E-state index is 13.1. The minimum absolute atomic E-state index is 0.0727. The monoisotopic (exact) mass is 1470 g/mol. The molecule has 0 aliphatic heterocycles. The lowest BCUT2D eigenvalue weighted by atomic mass is 10.0. The summed E-state index contributed by atoms with van der Waals surface area (Å²) in [7, 11) is -9.97. The third kappa shape index (κ3) is 73.8. The molecule has 5 unspecified atom stereocenters. The summed E-state index contributed by atoms with van der Waals surface area (Å²) < 4.78 is 68.5. The van der Waals surface area contributed by atoms with Crippen molar-refractivity contribution < 1.29 is 80.2 Å². The van der Waals surface area contributed by atoms with Crippen molar-refractivity contribution in [1.82, 2.24) is 0 Å². The fourth-order valence-corrected chi connectivity index (χ4v) is 12.0. The molecule has 3 N–H and O–H groups in total. The number of hydrogen-bond acceptors (Lipinski definition) is 15. The van der Waals surface area contributed by atoms with Gasteiger partial charge in [-0.05, 0) is 128 Å². The van der Waals surface area contributed by atoms with Gasteiger partial charge in [0, 0.05) is 25.7 Å². The molecule has 0 fully saturated rings. The van der Waals surface area contributed by atoms with Crippen LogP contribution in [0.1, 0.15) is 323 Å². The fourth-order valence-electron chi connectivity index (χ4n) is 10.4. The Hall–Kier alpha value is -4.54. The lowest BCUT2D eigenvalue weighted by molar-refractivity contribution is -0.161. The van der Waals surface area contributed by atoms with Gasteiger partial charge in [0.15, 0.2) is 12.2 Å². The second kappa shape index (κ2) is 74.7. The number of allylic oxidation sites excluding steroid dienone is 20. The van der Waals surface area contributed by atoms with Crippen molar-refractivity contribution in [1.29, 1.82) is 0 Å². The first kappa shape index (κ1) is 97.5. The fraction of sp³-hybridized carbons (Fsp3) is 0.711. The first-order valence-electron chi connectivity index (χ1n) is 39.8. The lowest BCUT2D eigenvalue weighted by Gasteiger charge is -2.21. The van der Waals surface area contributed by atoms with E-state index in [1.54, 1.807) is 0 Å². The molecule has 5 atom stereocenters. The maximum Gasteiger partial charge on any atom is 0.472 e. The predicted molar refractivity (Wildman–Crippen MR) is 418 cm³/mol. The van der Waals surface area contributed by atoms with Crippen LogP contribution in [0.2, 0.25) is 0 Å². The maximum atomic E-state index is 13.1. The average Bonchev–Trinajstić information content (AvgIpc) is 0.908. The summed E-state index contributed by atoms with van der Waals surface area (Å²) >= 11 is 0. The number of phosphoric ester groups is 2. The molecule has 0 spiro atoms. The zero-order chi connectivity index (χ0) is 74.6. The zero-order valence-electron chi connectivity index (χ0n) is 64.0. The molecule has 0 aromatic carbocycles. The quantitative estimate of drug-likeness (QED) is 0.0169. The SMILES string of the molecule is CC/C=C\C/C=C\C/C=C\C/C=C\CCCCCCCCC(=O)OCC(COP(=O)(O)OCC(O)COP(=O)(O)OCC(COC(=O)CCCC/C=C\C/C=C\C/C=C\C/C=C\CC)OC(=O)CCCCCCCCCCCCCCCCC)OC(=O)CCCCCCC/C=C\C/C=C\CCC. The van der Waals surface area contributed by atoms with Crippen LogP contribution in [0.3, 0.4) is 0 Å². The second-order valence-electron chi connectivity index (χ2n) is 26.2. The van der Waals surface area contributed by atoms with E-state index in [1.165, 1.54) is 64.2 Å². The van der Waals surface area contributed by atoms with Crippen molar-refractivity contribution in [3.8, 4) is 0 Å². The summed E-state index contributed by atoms with van der Waals surface area (Å²) in [4.78, 5) is 73.0. The van der Waals surface area contributed by atoms with Gasteiger partial charge in [0.05, 0.1) is 26.4 Å². The molecule has 0 aliphatic rings. The summed E-state index contributed by atoms with van der Waals surface area (Å²) in [5, 5.41) is 10.6. The average molecular weight is 1470 g/mol. The number of carbonyl (C=O) groups is 4. The van der Waals surface area contributed by atoms with E-state index in [2.05, 4.69) is 149 Å². The molecule has 0 radical (unpaired) electrons. The van der Waals surface area contributed by atoms with Crippen LogP contribution >= 0.6 is 15.6 Å². The minimum atomic E-state index is -4.99. The molecular formula is C83H142O17P2. The molecule has 0 rings (SSSR count). The minimum Gasteiger partial charge on any atom is -0.462 e. The van der Waals surface area contributed by atoms with Crippen molar-refractivity contribution in [2.45, 2.75) is 341 Å². The Morgan fingerprint density at radius 1 is 0.284 bits per heavy atom. The molecule has 0 saturated heterocycles. The van der Waals surface area contributed by atoms with Crippen LogP contribution in [0.25, 0.3) is 0 Å². The summed E-state index contributed by atoms with van der Waals surface area (Å²) in [6, 6.07) is 0. The number of aliphatic hydroxyl groups is 1. The van der Waals surface area contributed by atoms with Gasteiger partial charge in [-0.3, -0.25) is 37.3 Å². The smallest absolute Gasteiger partial charge is 0.462 e. The number of carbonyl (C=O) groups excluding carboxylic acids is 4. The Balaban J connectivity index is 5.38. The van der Waals surface area contributed by atoms with Gasteiger partial charge < -0.3 is 33.8 Å². The van der Waals surface area contributed by atoms with Crippen LogP contribution in [0.15, 0.2) is 122 Å². The Bertz CT molecular complexity index is 2410. The van der Waals surface area contributed by atoms with Gasteiger partial charge in [-0.25, -0.2) is 9.13 Å². The number of hydrogen-bond donors (Lipinski definition) is 3. The van der Waals surface area contributed by atoms with E-state index in [9.17, 15) is 43.2 Å². The van der Waals surface area contributed by atoms with Gasteiger partial charge in [-0.2, -0.15) is 0 Å². The topological polar surface area (TPSA) is 237 Å². The van der Waals surface area contributed by atoms with E-state index < -0.39 is 97.5 Å². The highest BCUT2D eigenvalue weighted by Crippen LogP contribution is 2.45. The van der Waals surface area contributed by atoms with E-state index in [0.29, 0.717) is 25.7 Å². The first-order valence-corrected chi connectivity index (χ1v) is 42.8. The molecule has 0 bridgehead atoms. The molecule has 0 aliphatic carbocycles. The first-order chi connectivity index (χ1) is 49.7. The van der Waals surface area contributed by atoms with Gasteiger partial charge in [0.2, 0.25) is 0 Å². The Morgan fingerprint density at radius 2 is 0.529 bits per heavy atom. The highest BCUT2D eigenvalue weighted by atomic mass is 31.2. The van der Waals surface area contributed by atoms with Gasteiger partial charge in [-0.15, -0.1) is 0 Å². The molecule has 102 heavy (non-hydrogen) atoms. The van der Waals surface area contributed by atoms with E-state index in [1.807, 2.05) is 0 Å². The molecule has 0 saturated carbocycles. The van der Waals surface area contributed by atoms with Crippen molar-refractivity contribution in [2.75, 3.05) is 39.6 Å². The Kier molecular flexibility index (Phi) is 71.4. The van der Waals surface area contributed by atoms with E-state index in [4.69, 9.17) is 37.0 Å². The van der Waals surface area contributed by atoms with Gasteiger partial charge >= 0.3 is 39.5 Å². The zero-order valence-corrected chi connectivity index (χ0v) is 65.8. The number of esters is 4. The van der Waals surface area contributed by atoms with E-state index in [-0.39, 0.29) is 25.7 Å². The molecule has 0 aromatic heterocycles. The summed E-state index contributed by atoms with van der Waals surface area (Å²) in [5.74, 6) is -2.24. The number of phosphoric acid groups is 2. The van der Waals surface area contributed by atoms with E-state index >= 15 is 0 Å². The van der Waals surface area contributed by atoms with Gasteiger partial charge in [0.1, 0.15) is 19.3 Å².